The summed E-state index contributed by atoms with van der Waals surface area (Å²) in [7, 11) is 2.09. The van der Waals surface area contributed by atoms with Crippen molar-refractivity contribution in [1.82, 2.24) is 9.88 Å². The van der Waals surface area contributed by atoms with Crippen LogP contribution in [0.1, 0.15) is 58.4 Å². The lowest BCUT2D eigenvalue weighted by molar-refractivity contribution is 0.0697. The molecule has 2 aromatic carbocycles. The highest BCUT2D eigenvalue weighted by Gasteiger charge is 2.27. The van der Waals surface area contributed by atoms with E-state index in [1.54, 1.807) is 6.20 Å². The van der Waals surface area contributed by atoms with Crippen LogP contribution >= 0.6 is 0 Å². The van der Waals surface area contributed by atoms with Crippen molar-refractivity contribution >= 4 is 17.3 Å². The molecule has 3 aromatic rings. The number of hydrogen-bond acceptors (Lipinski definition) is 5. The highest BCUT2D eigenvalue weighted by atomic mass is 16.4. The summed E-state index contributed by atoms with van der Waals surface area (Å²) in [4.78, 5) is 17.8. The van der Waals surface area contributed by atoms with E-state index in [2.05, 4.69) is 83.9 Å². The number of anilines is 2. The average molecular weight is 431 g/mol. The van der Waals surface area contributed by atoms with E-state index >= 15 is 0 Å². The Hall–Kier alpha value is -3.38. The van der Waals surface area contributed by atoms with Gasteiger partial charge in [0.25, 0.3) is 0 Å². The summed E-state index contributed by atoms with van der Waals surface area (Å²) < 4.78 is 0. The van der Waals surface area contributed by atoms with Gasteiger partial charge in [-0.15, -0.1) is 0 Å². The predicted molar refractivity (Wildman–Crippen MR) is 128 cm³/mol. The van der Waals surface area contributed by atoms with E-state index in [1.165, 1.54) is 34.5 Å². The molecule has 1 aromatic heterocycles. The van der Waals surface area contributed by atoms with Gasteiger partial charge in [0.15, 0.2) is 0 Å². The highest BCUT2D eigenvalue weighted by molar-refractivity contribution is 5.93. The molecule has 0 spiro atoms. The van der Waals surface area contributed by atoms with Crippen LogP contribution in [0.5, 0.6) is 0 Å². The maximum atomic E-state index is 11.4. The van der Waals surface area contributed by atoms with Gasteiger partial charge in [-0.3, -0.25) is 9.88 Å². The van der Waals surface area contributed by atoms with Crippen molar-refractivity contribution in [3.05, 3.63) is 88.7 Å². The molecule has 0 aliphatic carbocycles. The average Bonchev–Trinajstić information content (AvgIpc) is 3.10. The monoisotopic (exact) mass is 430 g/mol. The molecule has 1 aliphatic rings. The van der Waals surface area contributed by atoms with Crippen molar-refractivity contribution in [1.29, 1.82) is 0 Å². The van der Waals surface area contributed by atoms with E-state index < -0.39 is 5.97 Å². The largest absolute Gasteiger partial charge is 0.478 e. The van der Waals surface area contributed by atoms with Gasteiger partial charge >= 0.3 is 5.97 Å². The SMILES string of the molecule is CC(C)c1ccc(CNc2ccc3c(c2)CN(C)[C@H]3CNc2cnccc2C(=O)O)cc1. The van der Waals surface area contributed by atoms with Gasteiger partial charge in [0.05, 0.1) is 23.5 Å². The first kappa shape index (κ1) is 21.8. The number of fused-ring (bicyclic) bond motifs is 1. The van der Waals surface area contributed by atoms with Crippen LogP contribution < -0.4 is 10.6 Å². The van der Waals surface area contributed by atoms with Crippen molar-refractivity contribution < 1.29 is 9.90 Å². The molecule has 0 bridgehead atoms. The number of nitrogens with zero attached hydrogens (tertiary/aromatic N) is 2. The molecule has 1 aliphatic heterocycles. The van der Waals surface area contributed by atoms with E-state index in [9.17, 15) is 9.90 Å². The topological polar surface area (TPSA) is 77.5 Å². The first-order chi connectivity index (χ1) is 15.4. The van der Waals surface area contributed by atoms with Gasteiger partial charge in [-0.25, -0.2) is 4.79 Å². The summed E-state index contributed by atoms with van der Waals surface area (Å²) in [6.07, 6.45) is 3.07. The summed E-state index contributed by atoms with van der Waals surface area (Å²) in [6.45, 7) is 6.68. The first-order valence-corrected chi connectivity index (χ1v) is 11.0. The van der Waals surface area contributed by atoms with Gasteiger partial charge < -0.3 is 15.7 Å². The fraction of sp³-hybridized carbons (Fsp3) is 0.308. The number of likely N-dealkylation sites (N-methyl/N-ethyl adjacent to an activating group) is 1. The zero-order chi connectivity index (χ0) is 22.7. The number of carbonyl (C=O) groups is 1. The Morgan fingerprint density at radius 3 is 2.66 bits per heavy atom. The number of pyridine rings is 1. The Bertz CT molecular complexity index is 1100. The second-order valence-electron chi connectivity index (χ2n) is 8.70. The minimum Gasteiger partial charge on any atom is -0.478 e. The smallest absolute Gasteiger partial charge is 0.337 e. The van der Waals surface area contributed by atoms with Crippen LogP contribution in [0.25, 0.3) is 0 Å². The highest BCUT2D eigenvalue weighted by Crippen LogP contribution is 2.34. The molecule has 166 valence electrons. The van der Waals surface area contributed by atoms with E-state index in [-0.39, 0.29) is 11.6 Å². The fourth-order valence-corrected chi connectivity index (χ4v) is 4.21. The third-order valence-electron chi connectivity index (χ3n) is 6.13. The molecule has 3 N–H and O–H groups in total. The molecular weight excluding hydrogens is 400 g/mol. The molecule has 6 heteroatoms. The molecular formula is C26H30N4O2. The summed E-state index contributed by atoms with van der Waals surface area (Å²) in [5, 5.41) is 16.2. The van der Waals surface area contributed by atoms with Crippen LogP contribution in [0.15, 0.2) is 60.9 Å². The van der Waals surface area contributed by atoms with Crippen LogP contribution in [0.2, 0.25) is 0 Å². The number of carboxylic acid groups (broad SMARTS) is 1. The minimum atomic E-state index is -0.954. The molecule has 6 nitrogen and oxygen atoms in total. The molecule has 4 rings (SSSR count). The Morgan fingerprint density at radius 1 is 1.16 bits per heavy atom. The molecule has 1 atom stereocenters. The Morgan fingerprint density at radius 2 is 1.94 bits per heavy atom. The van der Waals surface area contributed by atoms with Gasteiger partial charge in [-0.05, 0) is 53.4 Å². The van der Waals surface area contributed by atoms with Gasteiger partial charge in [0.2, 0.25) is 0 Å². The van der Waals surface area contributed by atoms with Gasteiger partial charge in [-0.1, -0.05) is 44.2 Å². The lowest BCUT2D eigenvalue weighted by Gasteiger charge is -2.22. The molecule has 0 amide bonds. The number of carboxylic acids is 1. The second-order valence-corrected chi connectivity index (χ2v) is 8.70. The molecule has 0 radical (unpaired) electrons. The third kappa shape index (κ3) is 4.75. The zero-order valence-corrected chi connectivity index (χ0v) is 18.8. The standard InChI is InChI=1S/C26H30N4O2/c1-17(2)19-6-4-18(5-7-19)13-28-21-8-9-22-20(12-21)16-30(3)25(22)15-29-24-14-27-11-10-23(24)26(31)32/h4-12,14,17,25,28-29H,13,15-16H2,1-3H3,(H,31,32)/t25-/m0/s1. The lowest BCUT2D eigenvalue weighted by Crippen LogP contribution is -2.24. The van der Waals surface area contributed by atoms with Gasteiger partial charge in [-0.2, -0.15) is 0 Å². The number of benzene rings is 2. The second kappa shape index (κ2) is 9.40. The zero-order valence-electron chi connectivity index (χ0n) is 18.8. The fourth-order valence-electron chi connectivity index (χ4n) is 4.21. The Balaban J connectivity index is 1.41. The molecule has 2 heterocycles. The van der Waals surface area contributed by atoms with Crippen LogP contribution in [0, 0.1) is 0 Å². The Kier molecular flexibility index (Phi) is 6.42. The molecule has 0 fully saturated rings. The normalized spacial score (nSPS) is 15.6. The van der Waals surface area contributed by atoms with Crippen molar-refractivity contribution in [2.75, 3.05) is 24.2 Å². The van der Waals surface area contributed by atoms with Gasteiger partial charge in [0, 0.05) is 31.5 Å². The third-order valence-corrected chi connectivity index (χ3v) is 6.13. The maximum Gasteiger partial charge on any atom is 0.337 e. The van der Waals surface area contributed by atoms with Crippen LogP contribution in [-0.4, -0.2) is 34.6 Å². The molecule has 0 unspecified atom stereocenters. The van der Waals surface area contributed by atoms with Crippen molar-refractivity contribution in [2.45, 2.75) is 38.9 Å². The number of rotatable bonds is 8. The summed E-state index contributed by atoms with van der Waals surface area (Å²) in [5.41, 5.74) is 7.08. The van der Waals surface area contributed by atoms with Crippen LogP contribution in [0.3, 0.4) is 0 Å². The quantitative estimate of drug-likeness (QED) is 0.461. The number of aromatic nitrogens is 1. The molecule has 32 heavy (non-hydrogen) atoms. The lowest BCUT2D eigenvalue weighted by atomic mass is 10.0. The molecule has 0 saturated heterocycles. The Labute approximate surface area is 189 Å². The van der Waals surface area contributed by atoms with Crippen LogP contribution in [-0.2, 0) is 13.1 Å². The van der Waals surface area contributed by atoms with Crippen molar-refractivity contribution in [3.63, 3.8) is 0 Å². The number of nitrogens with one attached hydrogen (secondary N) is 2. The summed E-state index contributed by atoms with van der Waals surface area (Å²) >= 11 is 0. The number of hydrogen-bond donors (Lipinski definition) is 3. The van der Waals surface area contributed by atoms with E-state index in [1.807, 2.05) is 0 Å². The summed E-state index contributed by atoms with van der Waals surface area (Å²) in [6, 6.07) is 17.0. The maximum absolute atomic E-state index is 11.4. The van der Waals surface area contributed by atoms with Crippen molar-refractivity contribution in [3.8, 4) is 0 Å². The minimum absolute atomic E-state index is 0.171. The first-order valence-electron chi connectivity index (χ1n) is 11.0. The predicted octanol–water partition coefficient (Wildman–Crippen LogP) is 5.11. The van der Waals surface area contributed by atoms with E-state index in [4.69, 9.17) is 0 Å². The van der Waals surface area contributed by atoms with Crippen molar-refractivity contribution in [2.24, 2.45) is 0 Å². The van der Waals surface area contributed by atoms with Crippen LogP contribution in [0.4, 0.5) is 11.4 Å². The number of aromatic carboxylic acids is 1. The van der Waals surface area contributed by atoms with E-state index in [0.29, 0.717) is 18.2 Å². The van der Waals surface area contributed by atoms with Gasteiger partial charge in [0.1, 0.15) is 0 Å². The summed E-state index contributed by atoms with van der Waals surface area (Å²) in [5.74, 6) is -0.411. The molecule has 0 saturated carbocycles. The van der Waals surface area contributed by atoms with E-state index in [0.717, 1.165) is 18.8 Å².